The van der Waals surface area contributed by atoms with E-state index >= 15 is 0 Å². The number of nitrogens with zero attached hydrogens (tertiary/aromatic N) is 2. The van der Waals surface area contributed by atoms with Crippen LogP contribution in [0.25, 0.3) is 21.6 Å². The summed E-state index contributed by atoms with van der Waals surface area (Å²) in [5.74, 6) is -1.24. The van der Waals surface area contributed by atoms with Gasteiger partial charge in [0.2, 0.25) is 0 Å². The summed E-state index contributed by atoms with van der Waals surface area (Å²) in [6, 6.07) is 4.97. The SMILES string of the molecule is CCn1c(=O)[nH]c(=O)c2c(C(=O)O)cc(-c3cccs3)nc21. The monoisotopic (exact) mass is 317 g/mol. The Hall–Kier alpha value is -2.74. The van der Waals surface area contributed by atoms with Crippen molar-refractivity contribution in [3.63, 3.8) is 0 Å². The zero-order chi connectivity index (χ0) is 15.9. The van der Waals surface area contributed by atoms with Crippen molar-refractivity contribution < 1.29 is 9.90 Å². The molecule has 0 aromatic carbocycles. The molecule has 2 N–H and O–H groups in total. The van der Waals surface area contributed by atoms with Gasteiger partial charge in [-0.25, -0.2) is 14.6 Å². The summed E-state index contributed by atoms with van der Waals surface area (Å²) in [7, 11) is 0. The van der Waals surface area contributed by atoms with E-state index in [0.29, 0.717) is 5.69 Å². The van der Waals surface area contributed by atoms with Gasteiger partial charge < -0.3 is 5.11 Å². The Labute approximate surface area is 127 Å². The van der Waals surface area contributed by atoms with Crippen LogP contribution in [-0.4, -0.2) is 25.6 Å². The smallest absolute Gasteiger partial charge is 0.336 e. The van der Waals surface area contributed by atoms with Crippen LogP contribution in [0.15, 0.2) is 33.2 Å². The molecule has 7 nitrogen and oxygen atoms in total. The molecular formula is C14H11N3O4S. The van der Waals surface area contributed by atoms with Gasteiger partial charge in [0, 0.05) is 6.54 Å². The molecule has 0 saturated carbocycles. The van der Waals surface area contributed by atoms with E-state index < -0.39 is 17.2 Å². The Morgan fingerprint density at radius 1 is 1.45 bits per heavy atom. The molecule has 0 saturated heterocycles. The predicted molar refractivity (Wildman–Crippen MR) is 82.6 cm³/mol. The Kier molecular flexibility index (Phi) is 3.38. The van der Waals surface area contributed by atoms with Crippen LogP contribution in [0, 0.1) is 0 Å². The van der Waals surface area contributed by atoms with Gasteiger partial charge in [-0.2, -0.15) is 0 Å². The fourth-order valence-electron chi connectivity index (χ4n) is 2.29. The number of pyridine rings is 1. The number of rotatable bonds is 3. The van der Waals surface area contributed by atoms with Crippen molar-refractivity contribution in [3.8, 4) is 10.6 Å². The molecule has 0 bridgehead atoms. The number of aryl methyl sites for hydroxylation is 1. The third-order valence-electron chi connectivity index (χ3n) is 3.27. The quantitative estimate of drug-likeness (QED) is 0.762. The van der Waals surface area contributed by atoms with E-state index in [1.54, 1.807) is 13.0 Å². The molecule has 0 aliphatic heterocycles. The Morgan fingerprint density at radius 2 is 2.23 bits per heavy atom. The Balaban J connectivity index is 2.53. The minimum Gasteiger partial charge on any atom is -0.478 e. The first kappa shape index (κ1) is 14.2. The molecule has 22 heavy (non-hydrogen) atoms. The largest absolute Gasteiger partial charge is 0.478 e. The average molecular weight is 317 g/mol. The molecule has 112 valence electrons. The van der Waals surface area contributed by atoms with Crippen molar-refractivity contribution in [1.29, 1.82) is 0 Å². The predicted octanol–water partition coefficient (Wildman–Crippen LogP) is 1.53. The number of nitrogens with one attached hydrogen (secondary N) is 1. The number of hydrogen-bond acceptors (Lipinski definition) is 5. The van der Waals surface area contributed by atoms with Gasteiger partial charge >= 0.3 is 11.7 Å². The molecular weight excluding hydrogens is 306 g/mol. The summed E-state index contributed by atoms with van der Waals surface area (Å²) in [5, 5.41) is 11.1. The van der Waals surface area contributed by atoms with E-state index in [-0.39, 0.29) is 23.1 Å². The van der Waals surface area contributed by atoms with Crippen molar-refractivity contribution in [2.75, 3.05) is 0 Å². The van der Waals surface area contributed by atoms with Crippen molar-refractivity contribution in [1.82, 2.24) is 14.5 Å². The second-order valence-electron chi connectivity index (χ2n) is 4.54. The lowest BCUT2D eigenvalue weighted by atomic mass is 10.1. The number of fused-ring (bicyclic) bond motifs is 1. The van der Waals surface area contributed by atoms with Crippen molar-refractivity contribution in [2.45, 2.75) is 13.5 Å². The van der Waals surface area contributed by atoms with Crippen LogP contribution in [0.2, 0.25) is 0 Å². The molecule has 0 aliphatic rings. The van der Waals surface area contributed by atoms with Crippen LogP contribution in [0.3, 0.4) is 0 Å². The maximum Gasteiger partial charge on any atom is 0.336 e. The number of H-pyrrole nitrogens is 1. The van der Waals surface area contributed by atoms with Gasteiger partial charge in [0.05, 0.1) is 21.5 Å². The van der Waals surface area contributed by atoms with E-state index in [1.807, 2.05) is 11.4 Å². The van der Waals surface area contributed by atoms with Crippen LogP contribution >= 0.6 is 11.3 Å². The number of aromatic amines is 1. The van der Waals surface area contributed by atoms with Gasteiger partial charge in [0.15, 0.2) is 5.65 Å². The zero-order valence-corrected chi connectivity index (χ0v) is 12.3. The first-order chi connectivity index (χ1) is 10.5. The minimum absolute atomic E-state index is 0.0829. The average Bonchev–Trinajstić information content (AvgIpc) is 3.00. The number of hydrogen-bond donors (Lipinski definition) is 2. The van der Waals surface area contributed by atoms with Gasteiger partial charge in [-0.15, -0.1) is 11.3 Å². The molecule has 0 spiro atoms. The van der Waals surface area contributed by atoms with Crippen molar-refractivity contribution >= 4 is 28.3 Å². The fourth-order valence-corrected chi connectivity index (χ4v) is 2.97. The summed E-state index contributed by atoms with van der Waals surface area (Å²) < 4.78 is 1.25. The summed E-state index contributed by atoms with van der Waals surface area (Å²) in [5.41, 5.74) is -1.01. The second-order valence-corrected chi connectivity index (χ2v) is 5.49. The minimum atomic E-state index is -1.24. The van der Waals surface area contributed by atoms with E-state index in [9.17, 15) is 19.5 Å². The van der Waals surface area contributed by atoms with Crippen LogP contribution < -0.4 is 11.2 Å². The van der Waals surface area contributed by atoms with Gasteiger partial charge in [-0.3, -0.25) is 14.3 Å². The molecule has 0 unspecified atom stereocenters. The number of aromatic nitrogens is 3. The molecule has 0 fully saturated rings. The molecule has 0 atom stereocenters. The summed E-state index contributed by atoms with van der Waals surface area (Å²) in [6.07, 6.45) is 0. The number of aromatic carboxylic acids is 1. The summed E-state index contributed by atoms with van der Waals surface area (Å²) in [6.45, 7) is 1.99. The Morgan fingerprint density at radius 3 is 2.82 bits per heavy atom. The van der Waals surface area contributed by atoms with Crippen molar-refractivity contribution in [2.24, 2.45) is 0 Å². The molecule has 3 heterocycles. The molecule has 0 amide bonds. The van der Waals surface area contributed by atoms with Crippen LogP contribution in [0.5, 0.6) is 0 Å². The maximum atomic E-state index is 12.0. The molecule has 3 rings (SSSR count). The lowest BCUT2D eigenvalue weighted by Crippen LogP contribution is -2.31. The maximum absolute atomic E-state index is 12.0. The highest BCUT2D eigenvalue weighted by Crippen LogP contribution is 2.26. The normalized spacial score (nSPS) is 11.0. The highest BCUT2D eigenvalue weighted by molar-refractivity contribution is 7.13. The zero-order valence-electron chi connectivity index (χ0n) is 11.5. The van der Waals surface area contributed by atoms with Gasteiger partial charge in [0.25, 0.3) is 5.56 Å². The molecule has 3 aromatic heterocycles. The highest BCUT2D eigenvalue weighted by Gasteiger charge is 2.19. The number of thiophene rings is 1. The molecule has 3 aromatic rings. The third kappa shape index (κ3) is 2.13. The number of carboxylic acids is 1. The standard InChI is InChI=1S/C14H11N3O4S/c1-2-17-11-10(12(18)16-14(17)21)7(13(19)20)6-8(15-11)9-4-3-5-22-9/h3-6H,2H2,1H3,(H,19,20)(H,16,18,21). The fraction of sp³-hybridized carbons (Fsp3) is 0.143. The van der Waals surface area contributed by atoms with E-state index in [4.69, 9.17) is 0 Å². The molecule has 0 aliphatic carbocycles. The number of carbonyl (C=O) groups is 1. The van der Waals surface area contributed by atoms with Crippen LogP contribution in [0.1, 0.15) is 17.3 Å². The highest BCUT2D eigenvalue weighted by atomic mass is 32.1. The molecule has 0 radical (unpaired) electrons. The second kappa shape index (κ2) is 5.23. The van der Waals surface area contributed by atoms with Crippen LogP contribution in [0.4, 0.5) is 0 Å². The summed E-state index contributed by atoms with van der Waals surface area (Å²) >= 11 is 1.40. The third-order valence-corrected chi connectivity index (χ3v) is 4.16. The van der Waals surface area contributed by atoms with Crippen LogP contribution in [-0.2, 0) is 6.54 Å². The molecule has 8 heteroatoms. The van der Waals surface area contributed by atoms with E-state index in [0.717, 1.165) is 4.88 Å². The Bertz CT molecular complexity index is 986. The van der Waals surface area contributed by atoms with E-state index in [2.05, 4.69) is 9.97 Å². The first-order valence-corrected chi connectivity index (χ1v) is 7.36. The van der Waals surface area contributed by atoms with E-state index in [1.165, 1.54) is 22.0 Å². The summed E-state index contributed by atoms with van der Waals surface area (Å²) in [4.78, 5) is 42.7. The first-order valence-electron chi connectivity index (χ1n) is 6.48. The number of carboxylic acid groups (broad SMARTS) is 1. The lowest BCUT2D eigenvalue weighted by molar-refractivity contribution is 0.0699. The lowest BCUT2D eigenvalue weighted by Gasteiger charge is -2.09. The van der Waals surface area contributed by atoms with Gasteiger partial charge in [-0.05, 0) is 24.4 Å². The topological polar surface area (TPSA) is 105 Å². The van der Waals surface area contributed by atoms with Crippen molar-refractivity contribution in [3.05, 3.63) is 50.0 Å². The van der Waals surface area contributed by atoms with Gasteiger partial charge in [-0.1, -0.05) is 6.07 Å². The van der Waals surface area contributed by atoms with Gasteiger partial charge in [0.1, 0.15) is 0 Å².